The molecule has 3 aromatic rings. The number of methoxy groups -OCH3 is 1. The molecule has 0 spiro atoms. The van der Waals surface area contributed by atoms with E-state index in [1.54, 1.807) is 7.11 Å². The molecule has 0 saturated carbocycles. The van der Waals surface area contributed by atoms with E-state index < -0.39 is 0 Å². The number of aromatic amines is 1. The summed E-state index contributed by atoms with van der Waals surface area (Å²) in [6.45, 7) is 4.34. The molecule has 0 aliphatic carbocycles. The summed E-state index contributed by atoms with van der Waals surface area (Å²) in [6.07, 6.45) is 3.27. The molecule has 2 heteroatoms. The molecule has 2 nitrogen and oxygen atoms in total. The highest BCUT2D eigenvalue weighted by atomic mass is 16.5. The number of hydrogen-bond donors (Lipinski definition) is 1. The van der Waals surface area contributed by atoms with Crippen LogP contribution in [0, 0.1) is 18.8 Å². The van der Waals surface area contributed by atoms with Gasteiger partial charge in [0.2, 0.25) is 0 Å². The summed E-state index contributed by atoms with van der Waals surface area (Å²) in [5.41, 5.74) is 4.85. The Morgan fingerprint density at radius 3 is 2.56 bits per heavy atom. The Labute approximate surface area is 150 Å². The van der Waals surface area contributed by atoms with Crippen molar-refractivity contribution >= 4 is 10.9 Å². The van der Waals surface area contributed by atoms with Gasteiger partial charge in [0, 0.05) is 23.0 Å². The highest BCUT2D eigenvalue weighted by Gasteiger charge is 2.19. The zero-order chi connectivity index (χ0) is 17.6. The van der Waals surface area contributed by atoms with Crippen molar-refractivity contribution in [3.05, 3.63) is 65.4 Å². The number of benzene rings is 2. The average Bonchev–Trinajstić information content (AvgIpc) is 2.98. The largest absolute Gasteiger partial charge is 0.497 e. The minimum absolute atomic E-state index is 0.0684. The summed E-state index contributed by atoms with van der Waals surface area (Å²) < 4.78 is 5.30. The number of fused-ring (bicyclic) bond motifs is 1. The molecule has 1 N–H and O–H groups in total. The maximum atomic E-state index is 5.30. The van der Waals surface area contributed by atoms with E-state index in [-0.39, 0.29) is 5.92 Å². The van der Waals surface area contributed by atoms with Gasteiger partial charge < -0.3 is 9.72 Å². The molecule has 1 atom stereocenters. The van der Waals surface area contributed by atoms with Crippen LogP contribution in [-0.4, -0.2) is 12.1 Å². The number of rotatable bonds is 5. The Hall–Kier alpha value is -2.66. The summed E-state index contributed by atoms with van der Waals surface area (Å²) in [4.78, 5) is 3.51. The van der Waals surface area contributed by atoms with Crippen LogP contribution < -0.4 is 4.74 Å². The van der Waals surface area contributed by atoms with E-state index in [4.69, 9.17) is 4.74 Å². The molecule has 0 bridgehead atoms. The van der Waals surface area contributed by atoms with E-state index in [9.17, 15) is 0 Å². The molecule has 0 radical (unpaired) electrons. The molecule has 0 fully saturated rings. The number of aryl methyl sites for hydroxylation is 1. The van der Waals surface area contributed by atoms with E-state index in [0.717, 1.165) is 18.6 Å². The summed E-state index contributed by atoms with van der Waals surface area (Å²) >= 11 is 0. The predicted octanol–water partition coefficient (Wildman–Crippen LogP) is 5.81. The minimum Gasteiger partial charge on any atom is -0.497 e. The fourth-order valence-corrected chi connectivity index (χ4v) is 3.23. The monoisotopic (exact) mass is 331 g/mol. The first kappa shape index (κ1) is 17.2. The first-order valence-electron chi connectivity index (χ1n) is 8.94. The number of hydrogen-bond acceptors (Lipinski definition) is 1. The molecule has 2 aromatic carbocycles. The summed E-state index contributed by atoms with van der Waals surface area (Å²) in [6, 6.07) is 16.7. The molecule has 1 heterocycles. The van der Waals surface area contributed by atoms with Crippen molar-refractivity contribution in [2.75, 3.05) is 7.11 Å². The first-order chi connectivity index (χ1) is 12.2. The molecule has 128 valence electrons. The molecule has 3 rings (SSSR count). The number of aromatic nitrogens is 1. The van der Waals surface area contributed by atoms with Crippen molar-refractivity contribution in [3.63, 3.8) is 0 Å². The Kier molecular flexibility index (Phi) is 5.46. The summed E-state index contributed by atoms with van der Waals surface area (Å²) in [5, 5.41) is 1.26. The third-order valence-corrected chi connectivity index (χ3v) is 4.58. The Morgan fingerprint density at radius 2 is 1.84 bits per heavy atom. The lowest BCUT2D eigenvalue weighted by atomic mass is 9.89. The van der Waals surface area contributed by atoms with Crippen molar-refractivity contribution in [2.45, 2.75) is 39.0 Å². The fraction of sp³-hybridized carbons (Fsp3) is 0.304. The number of unbranched alkanes of at least 4 members (excludes halogenated alkanes) is 2. The van der Waals surface area contributed by atoms with Crippen LogP contribution in [0.5, 0.6) is 5.75 Å². The van der Waals surface area contributed by atoms with Gasteiger partial charge in [-0.3, -0.25) is 0 Å². The van der Waals surface area contributed by atoms with E-state index in [1.165, 1.54) is 34.1 Å². The van der Waals surface area contributed by atoms with E-state index in [2.05, 4.69) is 67.1 Å². The maximum absolute atomic E-state index is 5.30. The standard InChI is InChI=1S/C23H25NO/c1-4-5-6-7-10-20(18-13-15-19(25-3)16-14-18)23-17(2)24-22-12-9-8-11-21(22)23/h8-9,11-16,20,24H,4-6H2,1-3H3. The second-order valence-corrected chi connectivity index (χ2v) is 6.34. The van der Waals surface area contributed by atoms with E-state index >= 15 is 0 Å². The third-order valence-electron chi connectivity index (χ3n) is 4.58. The normalized spacial score (nSPS) is 11.8. The summed E-state index contributed by atoms with van der Waals surface area (Å²) in [5.74, 6) is 7.87. The van der Waals surface area contributed by atoms with Gasteiger partial charge in [-0.1, -0.05) is 49.6 Å². The van der Waals surface area contributed by atoms with E-state index in [1.807, 2.05) is 12.1 Å². The van der Waals surface area contributed by atoms with Crippen molar-refractivity contribution in [1.82, 2.24) is 4.98 Å². The minimum atomic E-state index is 0.0684. The Bertz CT molecular complexity index is 893. The molecule has 0 amide bonds. The fourth-order valence-electron chi connectivity index (χ4n) is 3.23. The molecule has 0 aliphatic heterocycles. The van der Waals surface area contributed by atoms with Crippen LogP contribution in [0.4, 0.5) is 0 Å². The second-order valence-electron chi connectivity index (χ2n) is 6.34. The topological polar surface area (TPSA) is 25.0 Å². The smallest absolute Gasteiger partial charge is 0.118 e. The lowest BCUT2D eigenvalue weighted by Gasteiger charge is -2.13. The van der Waals surface area contributed by atoms with Gasteiger partial charge in [-0.15, -0.1) is 5.92 Å². The van der Waals surface area contributed by atoms with Gasteiger partial charge in [0.15, 0.2) is 0 Å². The van der Waals surface area contributed by atoms with Crippen molar-refractivity contribution in [2.24, 2.45) is 0 Å². The lowest BCUT2D eigenvalue weighted by Crippen LogP contribution is -2.00. The van der Waals surface area contributed by atoms with Gasteiger partial charge in [-0.2, -0.15) is 0 Å². The van der Waals surface area contributed by atoms with Gasteiger partial charge in [0.05, 0.1) is 13.0 Å². The zero-order valence-electron chi connectivity index (χ0n) is 15.2. The van der Waals surface area contributed by atoms with Crippen LogP contribution in [0.3, 0.4) is 0 Å². The quantitative estimate of drug-likeness (QED) is 0.463. The van der Waals surface area contributed by atoms with Crippen LogP contribution in [-0.2, 0) is 0 Å². The number of nitrogens with one attached hydrogen (secondary N) is 1. The van der Waals surface area contributed by atoms with Crippen molar-refractivity contribution in [1.29, 1.82) is 0 Å². The lowest BCUT2D eigenvalue weighted by molar-refractivity contribution is 0.414. The van der Waals surface area contributed by atoms with Gasteiger partial charge in [-0.25, -0.2) is 0 Å². The molecule has 25 heavy (non-hydrogen) atoms. The number of para-hydroxylation sites is 1. The third kappa shape index (κ3) is 3.72. The Balaban J connectivity index is 2.08. The van der Waals surface area contributed by atoms with Crippen LogP contribution in [0.1, 0.15) is 48.9 Å². The van der Waals surface area contributed by atoms with Gasteiger partial charge in [0.25, 0.3) is 0 Å². The van der Waals surface area contributed by atoms with E-state index in [0.29, 0.717) is 0 Å². The molecule has 1 unspecified atom stereocenters. The van der Waals surface area contributed by atoms with Crippen LogP contribution in [0.2, 0.25) is 0 Å². The highest BCUT2D eigenvalue weighted by molar-refractivity contribution is 5.86. The maximum Gasteiger partial charge on any atom is 0.118 e. The molecule has 1 aromatic heterocycles. The van der Waals surface area contributed by atoms with Crippen LogP contribution in [0.25, 0.3) is 10.9 Å². The second kappa shape index (κ2) is 7.94. The van der Waals surface area contributed by atoms with Gasteiger partial charge >= 0.3 is 0 Å². The highest BCUT2D eigenvalue weighted by Crippen LogP contribution is 2.34. The first-order valence-corrected chi connectivity index (χ1v) is 8.94. The van der Waals surface area contributed by atoms with Gasteiger partial charge in [-0.05, 0) is 42.7 Å². The summed E-state index contributed by atoms with van der Waals surface area (Å²) in [7, 11) is 1.70. The van der Waals surface area contributed by atoms with Crippen molar-refractivity contribution < 1.29 is 4.74 Å². The molecule has 0 aliphatic rings. The zero-order valence-corrected chi connectivity index (χ0v) is 15.2. The Morgan fingerprint density at radius 1 is 1.08 bits per heavy atom. The van der Waals surface area contributed by atoms with Crippen LogP contribution >= 0.6 is 0 Å². The number of H-pyrrole nitrogens is 1. The predicted molar refractivity (Wildman–Crippen MR) is 105 cm³/mol. The molecular formula is C23H25NO. The SMILES string of the molecule is CCCCC#CC(c1ccc(OC)cc1)c1c(C)[nH]c2ccccc12. The molecule has 0 saturated heterocycles. The van der Waals surface area contributed by atoms with Crippen LogP contribution in [0.15, 0.2) is 48.5 Å². The average molecular weight is 331 g/mol. The van der Waals surface area contributed by atoms with Crippen molar-refractivity contribution in [3.8, 4) is 17.6 Å². The van der Waals surface area contributed by atoms with Gasteiger partial charge in [0.1, 0.15) is 5.75 Å². The number of ether oxygens (including phenoxy) is 1. The molecular weight excluding hydrogens is 306 g/mol.